The fourth-order valence-electron chi connectivity index (χ4n) is 1.49. The van der Waals surface area contributed by atoms with Gasteiger partial charge in [0.05, 0.1) is 6.20 Å². The van der Waals surface area contributed by atoms with Gasteiger partial charge < -0.3 is 4.74 Å². The first-order chi connectivity index (χ1) is 8.69. The molecule has 1 amide bonds. The second-order valence-electron chi connectivity index (χ2n) is 3.83. The summed E-state index contributed by atoms with van der Waals surface area (Å²) in [5.41, 5.74) is 3.59. The van der Waals surface area contributed by atoms with Gasteiger partial charge in [0, 0.05) is 11.8 Å². The van der Waals surface area contributed by atoms with Crippen LogP contribution >= 0.6 is 0 Å². The van der Waals surface area contributed by atoms with Crippen LogP contribution in [0.3, 0.4) is 0 Å². The maximum absolute atomic E-state index is 11.3. The molecule has 1 aromatic carbocycles. The Morgan fingerprint density at radius 1 is 1.56 bits per heavy atom. The van der Waals surface area contributed by atoms with Gasteiger partial charge in [0.1, 0.15) is 5.75 Å². The number of hydrogen-bond donors (Lipinski definition) is 2. The maximum Gasteiger partial charge on any atom is 0.265 e. The van der Waals surface area contributed by atoms with Gasteiger partial charge in [0.25, 0.3) is 5.91 Å². The van der Waals surface area contributed by atoms with Gasteiger partial charge in [-0.15, -0.1) is 0 Å². The van der Waals surface area contributed by atoms with Crippen LogP contribution in [0.15, 0.2) is 36.7 Å². The monoisotopic (exact) mass is 246 g/mol. The smallest absolute Gasteiger partial charge is 0.265 e. The number of carbonyl (C=O) groups excluding carboxylic acids is 1. The van der Waals surface area contributed by atoms with Crippen LogP contribution < -0.4 is 16.0 Å². The number of carbonyl (C=O) groups is 1. The molecule has 6 nitrogen and oxygen atoms in total. The van der Waals surface area contributed by atoms with Crippen molar-refractivity contribution in [1.29, 1.82) is 0 Å². The highest BCUT2D eigenvalue weighted by atomic mass is 16.5. The van der Waals surface area contributed by atoms with Crippen LogP contribution in [0.2, 0.25) is 0 Å². The Bertz CT molecular complexity index is 551. The minimum atomic E-state index is -0.351. The Hall–Kier alpha value is -2.34. The third kappa shape index (κ3) is 2.86. The Morgan fingerprint density at radius 2 is 2.39 bits per heavy atom. The molecule has 0 spiro atoms. The van der Waals surface area contributed by atoms with Crippen molar-refractivity contribution in [2.75, 3.05) is 0 Å². The molecule has 1 heterocycles. The van der Waals surface area contributed by atoms with Gasteiger partial charge in [0.2, 0.25) is 0 Å². The van der Waals surface area contributed by atoms with Gasteiger partial charge in [0.15, 0.2) is 6.73 Å². The normalized spacial score (nSPS) is 10.1. The minimum Gasteiger partial charge on any atom is -0.471 e. The summed E-state index contributed by atoms with van der Waals surface area (Å²) in [4.78, 5) is 11.3. The number of nitrogen functional groups attached to an aromatic ring is 1. The molecule has 0 radical (unpaired) electrons. The topological polar surface area (TPSA) is 82.2 Å². The van der Waals surface area contributed by atoms with E-state index in [0.29, 0.717) is 18.0 Å². The van der Waals surface area contributed by atoms with Gasteiger partial charge >= 0.3 is 0 Å². The number of nitrogens with zero attached hydrogens (tertiary/aromatic N) is 2. The van der Waals surface area contributed by atoms with Crippen LogP contribution in [0.25, 0.3) is 0 Å². The van der Waals surface area contributed by atoms with Gasteiger partial charge in [-0.2, -0.15) is 5.10 Å². The van der Waals surface area contributed by atoms with Crippen molar-refractivity contribution in [2.45, 2.75) is 13.7 Å². The second kappa shape index (κ2) is 5.33. The lowest BCUT2D eigenvalue weighted by Gasteiger charge is -2.07. The van der Waals surface area contributed by atoms with Crippen molar-refractivity contribution in [2.24, 2.45) is 5.84 Å². The molecule has 2 aromatic rings. The Kier molecular flexibility index (Phi) is 3.59. The molecule has 3 N–H and O–H groups in total. The Labute approximate surface area is 104 Å². The van der Waals surface area contributed by atoms with Crippen molar-refractivity contribution in [3.63, 3.8) is 0 Å². The highest BCUT2D eigenvalue weighted by Gasteiger charge is 2.04. The van der Waals surface area contributed by atoms with Gasteiger partial charge in [-0.05, 0) is 30.7 Å². The summed E-state index contributed by atoms with van der Waals surface area (Å²) < 4.78 is 7.19. The molecule has 0 fully saturated rings. The molecular weight excluding hydrogens is 232 g/mol. The van der Waals surface area contributed by atoms with Crippen molar-refractivity contribution >= 4 is 5.91 Å². The maximum atomic E-state index is 11.3. The predicted octanol–water partition coefficient (Wildman–Crippen LogP) is 0.832. The lowest BCUT2D eigenvalue weighted by Crippen LogP contribution is -2.29. The molecule has 6 heteroatoms. The summed E-state index contributed by atoms with van der Waals surface area (Å²) in [6.07, 6.45) is 3.62. The van der Waals surface area contributed by atoms with Crippen molar-refractivity contribution < 1.29 is 9.53 Å². The fourth-order valence-corrected chi connectivity index (χ4v) is 1.49. The molecule has 0 atom stereocenters. The number of nitrogens with one attached hydrogen (secondary N) is 1. The average molecular weight is 246 g/mol. The lowest BCUT2D eigenvalue weighted by molar-refractivity contribution is 0.0953. The summed E-state index contributed by atoms with van der Waals surface area (Å²) in [6.45, 7) is 2.25. The van der Waals surface area contributed by atoms with E-state index in [2.05, 4.69) is 10.5 Å². The van der Waals surface area contributed by atoms with Crippen LogP contribution in [-0.4, -0.2) is 15.7 Å². The lowest BCUT2D eigenvalue weighted by atomic mass is 10.2. The van der Waals surface area contributed by atoms with E-state index in [9.17, 15) is 4.79 Å². The predicted molar refractivity (Wildman–Crippen MR) is 65.7 cm³/mol. The van der Waals surface area contributed by atoms with E-state index in [1.807, 2.05) is 13.1 Å². The van der Waals surface area contributed by atoms with Crippen molar-refractivity contribution in [3.8, 4) is 5.75 Å². The van der Waals surface area contributed by atoms with Crippen molar-refractivity contribution in [3.05, 3.63) is 47.8 Å². The quantitative estimate of drug-likeness (QED) is 0.475. The summed E-state index contributed by atoms with van der Waals surface area (Å²) in [5, 5.41) is 4.10. The van der Waals surface area contributed by atoms with E-state index < -0.39 is 0 Å². The standard InChI is InChI=1S/C12H14N4O2/c1-9-6-14-16(7-9)8-18-11-4-2-3-10(5-11)12(17)15-13/h2-7H,8,13H2,1H3,(H,15,17). The molecule has 0 saturated heterocycles. The first-order valence-corrected chi connectivity index (χ1v) is 5.42. The summed E-state index contributed by atoms with van der Waals surface area (Å²) >= 11 is 0. The third-order valence-corrected chi connectivity index (χ3v) is 2.35. The molecule has 0 aliphatic heterocycles. The molecule has 0 aliphatic carbocycles. The molecule has 0 saturated carbocycles. The highest BCUT2D eigenvalue weighted by Crippen LogP contribution is 2.13. The van der Waals surface area contributed by atoms with Crippen LogP contribution in [0, 0.1) is 6.92 Å². The van der Waals surface area contributed by atoms with Gasteiger partial charge in [-0.25, -0.2) is 10.5 Å². The fraction of sp³-hybridized carbons (Fsp3) is 0.167. The van der Waals surface area contributed by atoms with Gasteiger partial charge in [-0.1, -0.05) is 6.07 Å². The third-order valence-electron chi connectivity index (χ3n) is 2.35. The number of rotatable bonds is 4. The minimum absolute atomic E-state index is 0.293. The largest absolute Gasteiger partial charge is 0.471 e. The van der Waals surface area contributed by atoms with Gasteiger partial charge in [-0.3, -0.25) is 10.2 Å². The van der Waals surface area contributed by atoms with Crippen LogP contribution in [0.1, 0.15) is 15.9 Å². The molecule has 0 aliphatic rings. The zero-order chi connectivity index (χ0) is 13.0. The first-order valence-electron chi connectivity index (χ1n) is 5.42. The summed E-state index contributed by atoms with van der Waals surface area (Å²) in [7, 11) is 0. The number of hydrazine groups is 1. The van der Waals surface area contributed by atoms with Crippen molar-refractivity contribution in [1.82, 2.24) is 15.2 Å². The first kappa shape index (κ1) is 12.1. The van der Waals surface area contributed by atoms with E-state index in [1.54, 1.807) is 35.1 Å². The molecule has 2 rings (SSSR count). The van der Waals surface area contributed by atoms with Crippen LogP contribution in [0.4, 0.5) is 0 Å². The number of benzene rings is 1. The van der Waals surface area contributed by atoms with E-state index in [4.69, 9.17) is 10.6 Å². The molecular formula is C12H14N4O2. The van der Waals surface area contributed by atoms with Crippen LogP contribution in [-0.2, 0) is 6.73 Å². The molecule has 18 heavy (non-hydrogen) atoms. The molecule has 1 aromatic heterocycles. The number of aryl methyl sites for hydroxylation is 1. The molecule has 0 bridgehead atoms. The number of aromatic nitrogens is 2. The Morgan fingerprint density at radius 3 is 3.06 bits per heavy atom. The van der Waals surface area contributed by atoms with E-state index in [1.165, 1.54) is 0 Å². The molecule has 94 valence electrons. The summed E-state index contributed by atoms with van der Waals surface area (Å²) in [5.74, 6) is 5.30. The Balaban J connectivity index is 2.03. The second-order valence-corrected chi connectivity index (χ2v) is 3.83. The SMILES string of the molecule is Cc1cnn(COc2cccc(C(=O)NN)c2)c1. The number of nitrogens with two attached hydrogens (primary N) is 1. The van der Waals surface area contributed by atoms with Crippen LogP contribution in [0.5, 0.6) is 5.75 Å². The summed E-state index contributed by atoms with van der Waals surface area (Å²) in [6, 6.07) is 6.78. The van der Waals surface area contributed by atoms with E-state index in [-0.39, 0.29) is 5.91 Å². The average Bonchev–Trinajstić information content (AvgIpc) is 2.81. The zero-order valence-electron chi connectivity index (χ0n) is 9.96. The number of amides is 1. The zero-order valence-corrected chi connectivity index (χ0v) is 9.96. The number of hydrogen-bond acceptors (Lipinski definition) is 4. The van der Waals surface area contributed by atoms with E-state index >= 15 is 0 Å². The highest BCUT2D eigenvalue weighted by molar-refractivity contribution is 5.94. The van der Waals surface area contributed by atoms with E-state index in [0.717, 1.165) is 5.56 Å². The number of ether oxygens (including phenoxy) is 1. The molecule has 0 unspecified atom stereocenters.